The summed E-state index contributed by atoms with van der Waals surface area (Å²) in [6.07, 6.45) is 2.78. The first-order valence-corrected chi connectivity index (χ1v) is 10.8. The lowest BCUT2D eigenvalue weighted by Gasteiger charge is -2.25. The molecule has 0 bridgehead atoms. The van der Waals surface area contributed by atoms with E-state index in [0.717, 1.165) is 42.7 Å². The molecular weight excluding hydrogens is 388 g/mol. The van der Waals surface area contributed by atoms with Gasteiger partial charge in [-0.15, -0.1) is 0 Å². The SMILES string of the molecule is COc1ccc(CNC2CCc3c(c(C(=O)N(C)Cc4ccccc4)nn3C)C2)cc1. The van der Waals surface area contributed by atoms with Gasteiger partial charge in [0.25, 0.3) is 5.91 Å². The average molecular weight is 419 g/mol. The van der Waals surface area contributed by atoms with Crippen molar-refractivity contribution in [1.82, 2.24) is 20.0 Å². The largest absolute Gasteiger partial charge is 0.497 e. The summed E-state index contributed by atoms with van der Waals surface area (Å²) >= 11 is 0. The standard InChI is InChI=1S/C25H30N4O2/c1-28(17-19-7-5-4-6-8-19)25(30)24-22-15-20(11-14-23(22)29(2)27-24)26-16-18-9-12-21(31-3)13-10-18/h4-10,12-13,20,26H,11,14-17H2,1-3H3. The lowest BCUT2D eigenvalue weighted by atomic mass is 9.91. The number of aromatic nitrogens is 2. The highest BCUT2D eigenvalue weighted by Gasteiger charge is 2.29. The number of benzene rings is 2. The van der Waals surface area contributed by atoms with Crippen LogP contribution in [0.1, 0.15) is 39.3 Å². The van der Waals surface area contributed by atoms with E-state index in [1.54, 1.807) is 12.0 Å². The van der Waals surface area contributed by atoms with Gasteiger partial charge in [0.1, 0.15) is 5.75 Å². The molecule has 1 unspecified atom stereocenters. The molecule has 1 aromatic heterocycles. The summed E-state index contributed by atoms with van der Waals surface area (Å²) in [5.41, 5.74) is 5.19. The van der Waals surface area contributed by atoms with E-state index < -0.39 is 0 Å². The molecule has 4 rings (SSSR count). The maximum absolute atomic E-state index is 13.2. The van der Waals surface area contributed by atoms with Gasteiger partial charge in [-0.1, -0.05) is 42.5 Å². The van der Waals surface area contributed by atoms with Gasteiger partial charge < -0.3 is 15.0 Å². The molecule has 0 radical (unpaired) electrons. The van der Waals surface area contributed by atoms with Crippen LogP contribution in [0.15, 0.2) is 54.6 Å². The van der Waals surface area contributed by atoms with Crippen LogP contribution in [0, 0.1) is 0 Å². The van der Waals surface area contributed by atoms with Gasteiger partial charge in [-0.2, -0.15) is 5.10 Å². The molecule has 6 nitrogen and oxygen atoms in total. The minimum atomic E-state index is -0.0171. The van der Waals surface area contributed by atoms with Crippen molar-refractivity contribution in [2.75, 3.05) is 14.2 Å². The molecule has 1 N–H and O–H groups in total. The minimum Gasteiger partial charge on any atom is -0.497 e. The second kappa shape index (κ2) is 9.35. The maximum atomic E-state index is 13.2. The van der Waals surface area contributed by atoms with Crippen molar-refractivity contribution >= 4 is 5.91 Å². The molecule has 0 saturated heterocycles. The van der Waals surface area contributed by atoms with Crippen LogP contribution in [0.2, 0.25) is 0 Å². The van der Waals surface area contributed by atoms with Crippen molar-refractivity contribution in [3.63, 3.8) is 0 Å². The first kappa shape index (κ1) is 21.1. The summed E-state index contributed by atoms with van der Waals surface area (Å²) in [6, 6.07) is 18.5. The van der Waals surface area contributed by atoms with Crippen LogP contribution >= 0.6 is 0 Å². The topological polar surface area (TPSA) is 59.4 Å². The van der Waals surface area contributed by atoms with E-state index in [2.05, 4.69) is 22.5 Å². The molecule has 1 aliphatic carbocycles. The first-order valence-electron chi connectivity index (χ1n) is 10.8. The minimum absolute atomic E-state index is 0.0171. The Hall–Kier alpha value is -3.12. The Labute approximate surface area is 183 Å². The zero-order chi connectivity index (χ0) is 21.8. The smallest absolute Gasteiger partial charge is 0.274 e. The molecule has 3 aromatic rings. The molecule has 1 amide bonds. The fourth-order valence-corrected chi connectivity index (χ4v) is 4.25. The van der Waals surface area contributed by atoms with Gasteiger partial charge in [-0.05, 0) is 42.5 Å². The Morgan fingerprint density at radius 3 is 2.61 bits per heavy atom. The molecule has 1 aliphatic rings. The number of nitrogens with zero attached hydrogens (tertiary/aromatic N) is 3. The number of fused-ring (bicyclic) bond motifs is 1. The van der Waals surface area contributed by atoms with Crippen LogP contribution in [0.5, 0.6) is 5.75 Å². The molecule has 1 heterocycles. The lowest BCUT2D eigenvalue weighted by molar-refractivity contribution is 0.0777. The Morgan fingerprint density at radius 2 is 1.90 bits per heavy atom. The summed E-state index contributed by atoms with van der Waals surface area (Å²) in [5, 5.41) is 8.27. The Bertz CT molecular complexity index is 1030. The van der Waals surface area contributed by atoms with Crippen molar-refractivity contribution < 1.29 is 9.53 Å². The Kier molecular flexibility index (Phi) is 6.37. The van der Waals surface area contributed by atoms with Crippen molar-refractivity contribution in [2.24, 2.45) is 7.05 Å². The Morgan fingerprint density at radius 1 is 1.16 bits per heavy atom. The summed E-state index contributed by atoms with van der Waals surface area (Å²) in [6.45, 7) is 1.37. The molecule has 0 aliphatic heterocycles. The summed E-state index contributed by atoms with van der Waals surface area (Å²) in [5.74, 6) is 0.848. The third kappa shape index (κ3) is 4.80. The van der Waals surface area contributed by atoms with Gasteiger partial charge >= 0.3 is 0 Å². The van der Waals surface area contributed by atoms with Gasteiger partial charge in [0, 0.05) is 44.5 Å². The molecule has 0 fully saturated rings. The van der Waals surface area contributed by atoms with Crippen LogP contribution in [-0.4, -0.2) is 40.8 Å². The number of carbonyl (C=O) groups excluding carboxylic acids is 1. The van der Waals surface area contributed by atoms with Crippen molar-refractivity contribution in [3.8, 4) is 5.75 Å². The predicted molar refractivity (Wildman–Crippen MR) is 121 cm³/mol. The van der Waals surface area contributed by atoms with Gasteiger partial charge in [0.2, 0.25) is 0 Å². The zero-order valence-corrected chi connectivity index (χ0v) is 18.5. The maximum Gasteiger partial charge on any atom is 0.274 e. The normalized spacial score (nSPS) is 15.4. The number of methoxy groups -OCH3 is 1. The average Bonchev–Trinajstić information content (AvgIpc) is 3.14. The third-order valence-electron chi connectivity index (χ3n) is 6.02. The molecule has 0 saturated carbocycles. The van der Waals surface area contributed by atoms with E-state index in [1.165, 1.54) is 11.3 Å². The van der Waals surface area contributed by atoms with Gasteiger partial charge in [-0.3, -0.25) is 9.48 Å². The van der Waals surface area contributed by atoms with Crippen LogP contribution < -0.4 is 10.1 Å². The number of hydrogen-bond donors (Lipinski definition) is 1. The highest BCUT2D eigenvalue weighted by molar-refractivity contribution is 5.94. The highest BCUT2D eigenvalue weighted by Crippen LogP contribution is 2.26. The molecule has 1 atom stereocenters. The first-order chi connectivity index (χ1) is 15.0. The van der Waals surface area contributed by atoms with Gasteiger partial charge in [0.15, 0.2) is 5.69 Å². The van der Waals surface area contributed by atoms with Crippen LogP contribution in [0.4, 0.5) is 0 Å². The fraction of sp³-hybridized carbons (Fsp3) is 0.360. The number of hydrogen-bond acceptors (Lipinski definition) is 4. The number of rotatable bonds is 7. The summed E-state index contributed by atoms with van der Waals surface area (Å²) < 4.78 is 7.12. The van der Waals surface area contributed by atoms with Crippen molar-refractivity contribution in [1.29, 1.82) is 0 Å². The van der Waals surface area contributed by atoms with Gasteiger partial charge in [0.05, 0.1) is 7.11 Å². The summed E-state index contributed by atoms with van der Waals surface area (Å²) in [7, 11) is 5.47. The van der Waals surface area contributed by atoms with E-state index in [0.29, 0.717) is 18.3 Å². The van der Waals surface area contributed by atoms with E-state index in [1.807, 2.05) is 61.2 Å². The van der Waals surface area contributed by atoms with Gasteiger partial charge in [-0.25, -0.2) is 0 Å². The number of aryl methyl sites for hydroxylation is 1. The van der Waals surface area contributed by atoms with Crippen molar-refractivity contribution in [2.45, 2.75) is 38.4 Å². The van der Waals surface area contributed by atoms with Crippen LogP contribution in [0.3, 0.4) is 0 Å². The quantitative estimate of drug-likeness (QED) is 0.639. The molecule has 6 heteroatoms. The second-order valence-electron chi connectivity index (χ2n) is 8.21. The lowest BCUT2D eigenvalue weighted by Crippen LogP contribution is -2.35. The second-order valence-corrected chi connectivity index (χ2v) is 8.21. The van der Waals surface area contributed by atoms with E-state index in [4.69, 9.17) is 4.74 Å². The Balaban J connectivity index is 1.43. The molecule has 162 valence electrons. The van der Waals surface area contributed by atoms with E-state index in [9.17, 15) is 4.79 Å². The van der Waals surface area contributed by atoms with Crippen LogP contribution in [0.25, 0.3) is 0 Å². The fourth-order valence-electron chi connectivity index (χ4n) is 4.25. The predicted octanol–water partition coefficient (Wildman–Crippen LogP) is 3.35. The third-order valence-corrected chi connectivity index (χ3v) is 6.02. The van der Waals surface area contributed by atoms with Crippen LogP contribution in [-0.2, 0) is 33.0 Å². The highest BCUT2D eigenvalue weighted by atomic mass is 16.5. The van der Waals surface area contributed by atoms with E-state index in [-0.39, 0.29) is 5.91 Å². The van der Waals surface area contributed by atoms with E-state index >= 15 is 0 Å². The number of amides is 1. The summed E-state index contributed by atoms with van der Waals surface area (Å²) in [4.78, 5) is 15.0. The zero-order valence-electron chi connectivity index (χ0n) is 18.5. The monoisotopic (exact) mass is 418 g/mol. The number of carbonyl (C=O) groups is 1. The molecule has 0 spiro atoms. The van der Waals surface area contributed by atoms with Crippen molar-refractivity contribution in [3.05, 3.63) is 82.7 Å². The number of ether oxygens (including phenoxy) is 1. The number of nitrogens with one attached hydrogen (secondary N) is 1. The molecular formula is C25H30N4O2. The molecule has 31 heavy (non-hydrogen) atoms. The molecule has 2 aromatic carbocycles.